The van der Waals surface area contributed by atoms with Crippen molar-refractivity contribution in [1.29, 1.82) is 0 Å². The number of rotatable bonds is 6. The predicted molar refractivity (Wildman–Crippen MR) is 85.8 cm³/mol. The second kappa shape index (κ2) is 6.33. The van der Waals surface area contributed by atoms with E-state index in [0.29, 0.717) is 12.0 Å². The van der Waals surface area contributed by atoms with E-state index in [1.807, 2.05) is 11.8 Å². The Morgan fingerprint density at radius 3 is 2.26 bits per heavy atom. The molecular formula is C15H32N2OS. The minimum atomic E-state index is -0.225. The molecule has 3 unspecified atom stereocenters. The van der Waals surface area contributed by atoms with Crippen molar-refractivity contribution in [2.75, 3.05) is 25.6 Å². The molecule has 0 aromatic heterocycles. The van der Waals surface area contributed by atoms with Crippen LogP contribution in [0.2, 0.25) is 0 Å². The maximum absolute atomic E-state index is 6.43. The Morgan fingerprint density at radius 1 is 1.26 bits per heavy atom. The Bertz CT molecular complexity index is 294. The number of hydrogen-bond acceptors (Lipinski definition) is 4. The van der Waals surface area contributed by atoms with E-state index in [0.717, 1.165) is 6.54 Å². The van der Waals surface area contributed by atoms with Crippen LogP contribution in [-0.2, 0) is 4.74 Å². The highest BCUT2D eigenvalue weighted by molar-refractivity contribution is 7.98. The second-order valence-corrected chi connectivity index (χ2v) is 8.00. The first-order valence-electron chi connectivity index (χ1n) is 7.26. The standard InChI is InChI=1S/C15H32N2OS/c1-11(8-9-19-7)17(6)10-12-13(16)15(4,5)18-14(12,2)3/h11-13H,8-10,16H2,1-7H3. The summed E-state index contributed by atoms with van der Waals surface area (Å²) in [7, 11) is 2.21. The van der Waals surface area contributed by atoms with Gasteiger partial charge in [0.1, 0.15) is 0 Å². The first kappa shape index (κ1) is 17.3. The van der Waals surface area contributed by atoms with Gasteiger partial charge in [0.25, 0.3) is 0 Å². The average Bonchev–Trinajstić information content (AvgIpc) is 2.44. The maximum Gasteiger partial charge on any atom is 0.0788 e. The number of hydrogen-bond donors (Lipinski definition) is 1. The highest BCUT2D eigenvalue weighted by Gasteiger charge is 2.52. The quantitative estimate of drug-likeness (QED) is 0.815. The molecule has 114 valence electrons. The zero-order chi connectivity index (χ0) is 14.8. The van der Waals surface area contributed by atoms with Crippen molar-refractivity contribution in [2.24, 2.45) is 11.7 Å². The lowest BCUT2D eigenvalue weighted by Gasteiger charge is -2.34. The number of thioether (sulfide) groups is 1. The van der Waals surface area contributed by atoms with Crippen LogP contribution in [0.25, 0.3) is 0 Å². The van der Waals surface area contributed by atoms with Crippen LogP contribution >= 0.6 is 11.8 Å². The highest BCUT2D eigenvalue weighted by atomic mass is 32.2. The smallest absolute Gasteiger partial charge is 0.0788 e. The van der Waals surface area contributed by atoms with Crippen LogP contribution < -0.4 is 5.73 Å². The normalized spacial score (nSPS) is 30.8. The van der Waals surface area contributed by atoms with Gasteiger partial charge in [0.2, 0.25) is 0 Å². The number of nitrogens with zero attached hydrogens (tertiary/aromatic N) is 1. The molecule has 0 aromatic carbocycles. The van der Waals surface area contributed by atoms with E-state index in [1.165, 1.54) is 12.2 Å². The molecule has 0 amide bonds. The van der Waals surface area contributed by atoms with Gasteiger partial charge in [-0.25, -0.2) is 0 Å². The van der Waals surface area contributed by atoms with Gasteiger partial charge in [-0.15, -0.1) is 0 Å². The van der Waals surface area contributed by atoms with Crippen molar-refractivity contribution in [3.63, 3.8) is 0 Å². The second-order valence-electron chi connectivity index (χ2n) is 7.01. The summed E-state index contributed by atoms with van der Waals surface area (Å²) in [6.07, 6.45) is 3.39. The van der Waals surface area contributed by atoms with Crippen molar-refractivity contribution >= 4 is 11.8 Å². The van der Waals surface area contributed by atoms with Gasteiger partial charge in [-0.3, -0.25) is 0 Å². The molecule has 4 heteroatoms. The lowest BCUT2D eigenvalue weighted by molar-refractivity contribution is -0.0785. The van der Waals surface area contributed by atoms with Gasteiger partial charge in [0.15, 0.2) is 0 Å². The van der Waals surface area contributed by atoms with Crippen LogP contribution in [0.1, 0.15) is 41.0 Å². The fraction of sp³-hybridized carbons (Fsp3) is 1.00. The molecule has 1 aliphatic heterocycles. The van der Waals surface area contributed by atoms with Crippen LogP contribution in [0.15, 0.2) is 0 Å². The Kier molecular flexibility index (Phi) is 5.76. The van der Waals surface area contributed by atoms with Gasteiger partial charge >= 0.3 is 0 Å². The SMILES string of the molecule is CSCCC(C)N(C)CC1C(N)C(C)(C)OC1(C)C. The number of ether oxygens (including phenoxy) is 1. The highest BCUT2D eigenvalue weighted by Crippen LogP contribution is 2.41. The predicted octanol–water partition coefficient (Wildman–Crippen LogP) is 2.59. The van der Waals surface area contributed by atoms with Crippen molar-refractivity contribution in [3.8, 4) is 0 Å². The molecule has 3 nitrogen and oxygen atoms in total. The molecule has 1 rings (SSSR count). The summed E-state index contributed by atoms with van der Waals surface area (Å²) in [4.78, 5) is 2.44. The number of nitrogens with two attached hydrogens (primary N) is 1. The third-order valence-corrected chi connectivity index (χ3v) is 5.28. The summed E-state index contributed by atoms with van der Waals surface area (Å²) in [5.74, 6) is 1.59. The third kappa shape index (κ3) is 4.10. The van der Waals surface area contributed by atoms with Gasteiger partial charge in [0, 0.05) is 24.5 Å². The van der Waals surface area contributed by atoms with Crippen LogP contribution in [0.5, 0.6) is 0 Å². The van der Waals surface area contributed by atoms with Crippen LogP contribution in [0.4, 0.5) is 0 Å². The molecular weight excluding hydrogens is 256 g/mol. The molecule has 1 heterocycles. The van der Waals surface area contributed by atoms with E-state index in [9.17, 15) is 0 Å². The first-order valence-corrected chi connectivity index (χ1v) is 8.66. The molecule has 2 N–H and O–H groups in total. The first-order chi connectivity index (χ1) is 8.62. The molecule has 0 radical (unpaired) electrons. The molecule has 0 bridgehead atoms. The molecule has 0 spiro atoms. The summed E-state index contributed by atoms with van der Waals surface area (Å²) in [6.45, 7) is 11.9. The fourth-order valence-electron chi connectivity index (χ4n) is 3.07. The minimum absolute atomic E-state index is 0.0951. The van der Waals surface area contributed by atoms with Crippen molar-refractivity contribution in [2.45, 2.75) is 64.3 Å². The van der Waals surface area contributed by atoms with Gasteiger partial charge in [-0.05, 0) is 60.1 Å². The summed E-state index contributed by atoms with van der Waals surface area (Å²) in [6, 6.07) is 0.692. The van der Waals surface area contributed by atoms with Crippen molar-refractivity contribution in [3.05, 3.63) is 0 Å². The Hall–Kier alpha value is 0.230. The van der Waals surface area contributed by atoms with E-state index in [4.69, 9.17) is 10.5 Å². The van der Waals surface area contributed by atoms with E-state index < -0.39 is 0 Å². The van der Waals surface area contributed by atoms with Crippen LogP contribution in [0, 0.1) is 5.92 Å². The van der Waals surface area contributed by atoms with Crippen LogP contribution in [-0.4, -0.2) is 53.8 Å². The Labute approximate surface area is 123 Å². The van der Waals surface area contributed by atoms with Gasteiger partial charge < -0.3 is 15.4 Å². The monoisotopic (exact) mass is 288 g/mol. The van der Waals surface area contributed by atoms with Crippen LogP contribution in [0.3, 0.4) is 0 Å². The Morgan fingerprint density at radius 2 is 1.84 bits per heavy atom. The molecule has 1 fully saturated rings. The van der Waals surface area contributed by atoms with Crippen molar-refractivity contribution < 1.29 is 4.74 Å². The lowest BCUT2D eigenvalue weighted by Crippen LogP contribution is -2.48. The Balaban J connectivity index is 2.65. The summed E-state index contributed by atoms with van der Waals surface area (Å²) < 4.78 is 6.17. The molecule has 3 atom stereocenters. The molecule has 0 aliphatic carbocycles. The molecule has 1 aliphatic rings. The summed E-state index contributed by atoms with van der Waals surface area (Å²) >= 11 is 1.91. The minimum Gasteiger partial charge on any atom is -0.368 e. The largest absolute Gasteiger partial charge is 0.368 e. The van der Waals surface area contributed by atoms with E-state index in [2.05, 4.69) is 52.8 Å². The van der Waals surface area contributed by atoms with Gasteiger partial charge in [-0.2, -0.15) is 11.8 Å². The van der Waals surface area contributed by atoms with E-state index in [-0.39, 0.29) is 17.2 Å². The van der Waals surface area contributed by atoms with Crippen molar-refractivity contribution in [1.82, 2.24) is 4.90 Å². The summed E-state index contributed by atoms with van der Waals surface area (Å²) in [5.41, 5.74) is 6.06. The average molecular weight is 289 g/mol. The third-order valence-electron chi connectivity index (χ3n) is 4.63. The lowest BCUT2D eigenvalue weighted by atomic mass is 9.82. The van der Waals surface area contributed by atoms with Gasteiger partial charge in [0.05, 0.1) is 11.2 Å². The van der Waals surface area contributed by atoms with Gasteiger partial charge in [-0.1, -0.05) is 0 Å². The van der Waals surface area contributed by atoms with E-state index >= 15 is 0 Å². The topological polar surface area (TPSA) is 38.5 Å². The molecule has 0 aromatic rings. The molecule has 0 saturated carbocycles. The zero-order valence-corrected chi connectivity index (χ0v) is 14.5. The summed E-state index contributed by atoms with van der Waals surface area (Å²) in [5, 5.41) is 0. The maximum atomic E-state index is 6.43. The fourth-order valence-corrected chi connectivity index (χ4v) is 3.65. The zero-order valence-electron chi connectivity index (χ0n) is 13.7. The molecule has 1 saturated heterocycles. The molecule has 19 heavy (non-hydrogen) atoms. The van der Waals surface area contributed by atoms with E-state index in [1.54, 1.807) is 0 Å².